The first-order valence-corrected chi connectivity index (χ1v) is 7.83. The maximum absolute atomic E-state index is 12.4. The van der Waals surface area contributed by atoms with E-state index < -0.39 is 16.0 Å². The van der Waals surface area contributed by atoms with Crippen LogP contribution in [0.4, 0.5) is 0 Å². The number of hydrogen-bond acceptors (Lipinski definition) is 5. The van der Waals surface area contributed by atoms with Crippen molar-refractivity contribution >= 4 is 22.1 Å². The van der Waals surface area contributed by atoms with E-state index in [-0.39, 0.29) is 24.6 Å². The van der Waals surface area contributed by atoms with Crippen molar-refractivity contribution in [2.24, 2.45) is 0 Å². The molecular formula is C13H18N2O5S. The summed E-state index contributed by atoms with van der Waals surface area (Å²) < 4.78 is 26.0. The normalized spacial score (nSPS) is 12.1. The second-order valence-corrected chi connectivity index (χ2v) is 6.19. The Morgan fingerprint density at radius 2 is 2.10 bits per heavy atom. The standard InChI is InChI=1S/C13H18N2O5S/c1-2-5-15(6-7-16)21(19,20)12-8-11(9-14-10-12)3-4-13(17)18/h3-4,8-10,16H,2,5-7H2,1H3,(H,17,18). The summed E-state index contributed by atoms with van der Waals surface area (Å²) in [6.07, 6.45) is 5.36. The highest BCUT2D eigenvalue weighted by molar-refractivity contribution is 7.89. The molecule has 1 aromatic rings. The average molecular weight is 314 g/mol. The Balaban J connectivity index is 3.12. The van der Waals surface area contributed by atoms with Crippen molar-refractivity contribution in [2.75, 3.05) is 19.7 Å². The molecule has 0 saturated heterocycles. The lowest BCUT2D eigenvalue weighted by Crippen LogP contribution is -2.34. The maximum atomic E-state index is 12.4. The largest absolute Gasteiger partial charge is 0.478 e. The third kappa shape index (κ3) is 4.92. The minimum Gasteiger partial charge on any atom is -0.478 e. The predicted molar refractivity (Wildman–Crippen MR) is 77.0 cm³/mol. The molecule has 0 aliphatic rings. The van der Waals surface area contributed by atoms with Crippen LogP contribution in [-0.2, 0) is 14.8 Å². The summed E-state index contributed by atoms with van der Waals surface area (Å²) >= 11 is 0. The van der Waals surface area contributed by atoms with E-state index in [9.17, 15) is 13.2 Å². The highest BCUT2D eigenvalue weighted by Gasteiger charge is 2.23. The summed E-state index contributed by atoms with van der Waals surface area (Å²) in [6, 6.07) is 1.35. The number of nitrogens with zero attached hydrogens (tertiary/aromatic N) is 2. The van der Waals surface area contributed by atoms with Gasteiger partial charge in [-0.25, -0.2) is 13.2 Å². The molecule has 0 spiro atoms. The summed E-state index contributed by atoms with van der Waals surface area (Å²) in [4.78, 5) is 14.3. The van der Waals surface area contributed by atoms with Gasteiger partial charge in [-0.05, 0) is 24.1 Å². The number of rotatable bonds is 8. The molecule has 0 unspecified atom stereocenters. The van der Waals surface area contributed by atoms with Crippen LogP contribution >= 0.6 is 0 Å². The van der Waals surface area contributed by atoms with Crippen molar-refractivity contribution in [1.29, 1.82) is 0 Å². The summed E-state index contributed by atoms with van der Waals surface area (Å²) in [7, 11) is -3.76. The zero-order valence-corrected chi connectivity index (χ0v) is 12.5. The van der Waals surface area contributed by atoms with Crippen molar-refractivity contribution in [3.63, 3.8) is 0 Å². The summed E-state index contributed by atoms with van der Waals surface area (Å²) in [5.74, 6) is -1.13. The quantitative estimate of drug-likeness (QED) is 0.679. The molecule has 0 atom stereocenters. The molecule has 8 heteroatoms. The number of aromatic nitrogens is 1. The number of aliphatic carboxylic acids is 1. The van der Waals surface area contributed by atoms with Gasteiger partial charge in [0.2, 0.25) is 10.0 Å². The van der Waals surface area contributed by atoms with Gasteiger partial charge in [-0.1, -0.05) is 6.92 Å². The zero-order chi connectivity index (χ0) is 15.9. The Labute approximate surface area is 123 Å². The van der Waals surface area contributed by atoms with Crippen LogP contribution in [0.15, 0.2) is 29.4 Å². The minimum atomic E-state index is -3.76. The van der Waals surface area contributed by atoms with Crippen LogP contribution in [0.2, 0.25) is 0 Å². The van der Waals surface area contributed by atoms with Gasteiger partial charge in [0.1, 0.15) is 4.90 Å². The Hall–Kier alpha value is -1.77. The average Bonchev–Trinajstić information content (AvgIpc) is 2.45. The number of aliphatic hydroxyl groups is 1. The Kier molecular flexibility index (Phi) is 6.47. The molecule has 2 N–H and O–H groups in total. The fourth-order valence-corrected chi connectivity index (χ4v) is 3.22. The molecule has 1 aromatic heterocycles. The van der Waals surface area contributed by atoms with Gasteiger partial charge in [-0.15, -0.1) is 0 Å². The molecular weight excluding hydrogens is 296 g/mol. The highest BCUT2D eigenvalue weighted by atomic mass is 32.2. The van der Waals surface area contributed by atoms with Crippen LogP contribution in [0.1, 0.15) is 18.9 Å². The number of carboxylic acid groups (broad SMARTS) is 1. The number of carbonyl (C=O) groups is 1. The van der Waals surface area contributed by atoms with Gasteiger partial charge in [0.15, 0.2) is 0 Å². The first-order valence-electron chi connectivity index (χ1n) is 6.39. The van der Waals surface area contributed by atoms with E-state index in [1.54, 1.807) is 0 Å². The second-order valence-electron chi connectivity index (χ2n) is 4.25. The molecule has 0 amide bonds. The van der Waals surface area contributed by atoms with Gasteiger partial charge < -0.3 is 10.2 Å². The van der Waals surface area contributed by atoms with Gasteiger partial charge in [-0.2, -0.15) is 4.31 Å². The molecule has 1 rings (SSSR count). The summed E-state index contributed by atoms with van der Waals surface area (Å²) in [5, 5.41) is 17.5. The smallest absolute Gasteiger partial charge is 0.328 e. The maximum Gasteiger partial charge on any atom is 0.328 e. The summed E-state index contributed by atoms with van der Waals surface area (Å²) in [6.45, 7) is 1.86. The van der Waals surface area contributed by atoms with Crippen molar-refractivity contribution in [3.8, 4) is 0 Å². The molecule has 0 fully saturated rings. The van der Waals surface area contributed by atoms with Crippen LogP contribution in [0.5, 0.6) is 0 Å². The number of hydrogen-bond donors (Lipinski definition) is 2. The van der Waals surface area contributed by atoms with Gasteiger partial charge in [0.25, 0.3) is 0 Å². The SMILES string of the molecule is CCCN(CCO)S(=O)(=O)c1cncc(C=CC(=O)O)c1. The summed E-state index contributed by atoms with van der Waals surface area (Å²) in [5.41, 5.74) is 0.374. The van der Waals surface area contributed by atoms with E-state index in [0.717, 1.165) is 6.08 Å². The van der Waals surface area contributed by atoms with E-state index in [4.69, 9.17) is 10.2 Å². The monoisotopic (exact) mass is 314 g/mol. The molecule has 0 aromatic carbocycles. The fourth-order valence-electron chi connectivity index (χ4n) is 1.70. The van der Waals surface area contributed by atoms with E-state index in [1.165, 1.54) is 28.8 Å². The van der Waals surface area contributed by atoms with Gasteiger partial charge in [-0.3, -0.25) is 4.98 Å². The molecule has 0 bridgehead atoms. The Bertz CT molecular complexity index is 607. The van der Waals surface area contributed by atoms with Crippen molar-refractivity contribution in [3.05, 3.63) is 30.1 Å². The lowest BCUT2D eigenvalue weighted by atomic mass is 10.2. The molecule has 21 heavy (non-hydrogen) atoms. The molecule has 0 saturated carbocycles. The highest BCUT2D eigenvalue weighted by Crippen LogP contribution is 2.16. The first-order chi connectivity index (χ1) is 9.91. The molecule has 1 heterocycles. The van der Waals surface area contributed by atoms with E-state index in [1.807, 2.05) is 6.92 Å². The third-order valence-corrected chi connectivity index (χ3v) is 4.48. The first kappa shape index (κ1) is 17.3. The van der Waals surface area contributed by atoms with Crippen molar-refractivity contribution in [1.82, 2.24) is 9.29 Å². The van der Waals surface area contributed by atoms with Gasteiger partial charge in [0.05, 0.1) is 6.61 Å². The Morgan fingerprint density at radius 3 is 2.67 bits per heavy atom. The molecule has 7 nitrogen and oxygen atoms in total. The molecule has 0 aliphatic carbocycles. The van der Waals surface area contributed by atoms with Crippen molar-refractivity contribution < 1.29 is 23.4 Å². The van der Waals surface area contributed by atoms with Crippen molar-refractivity contribution in [2.45, 2.75) is 18.2 Å². The Morgan fingerprint density at radius 1 is 1.38 bits per heavy atom. The predicted octanol–water partition coefficient (Wildman–Crippen LogP) is 0.572. The third-order valence-electron chi connectivity index (χ3n) is 2.61. The van der Waals surface area contributed by atoms with E-state index >= 15 is 0 Å². The van der Waals surface area contributed by atoms with Gasteiger partial charge >= 0.3 is 5.97 Å². The van der Waals surface area contributed by atoms with Gasteiger partial charge in [0, 0.05) is 31.6 Å². The number of carboxylic acids is 1. The van der Waals surface area contributed by atoms with Crippen LogP contribution in [0, 0.1) is 0 Å². The van der Waals surface area contributed by atoms with E-state index in [2.05, 4.69) is 4.98 Å². The number of pyridine rings is 1. The van der Waals surface area contributed by atoms with Crippen LogP contribution in [-0.4, -0.2) is 53.6 Å². The zero-order valence-electron chi connectivity index (χ0n) is 11.6. The molecule has 0 radical (unpaired) electrons. The lowest BCUT2D eigenvalue weighted by molar-refractivity contribution is -0.131. The lowest BCUT2D eigenvalue weighted by Gasteiger charge is -2.20. The van der Waals surface area contributed by atoms with Crippen LogP contribution in [0.3, 0.4) is 0 Å². The van der Waals surface area contributed by atoms with Crippen LogP contribution in [0.25, 0.3) is 6.08 Å². The van der Waals surface area contributed by atoms with E-state index in [0.29, 0.717) is 12.0 Å². The fraction of sp³-hybridized carbons (Fsp3) is 0.385. The second kappa shape index (κ2) is 7.87. The van der Waals surface area contributed by atoms with Crippen LogP contribution < -0.4 is 0 Å². The topological polar surface area (TPSA) is 108 Å². The number of sulfonamides is 1. The number of aliphatic hydroxyl groups excluding tert-OH is 1. The molecule has 0 aliphatic heterocycles. The molecule has 116 valence electrons. The minimum absolute atomic E-state index is 0.00532.